The number of anilines is 1. The lowest BCUT2D eigenvalue weighted by molar-refractivity contribution is -0.138. The van der Waals surface area contributed by atoms with Gasteiger partial charge in [-0.05, 0) is 29.8 Å². The molecule has 0 radical (unpaired) electrons. The average molecular weight is 398 g/mol. The molecule has 2 atom stereocenters. The lowest BCUT2D eigenvalue weighted by atomic mass is 9.87. The van der Waals surface area contributed by atoms with E-state index in [-0.39, 0.29) is 17.5 Å². The Morgan fingerprint density at radius 2 is 1.89 bits per heavy atom. The van der Waals surface area contributed by atoms with E-state index < -0.39 is 35.4 Å². The van der Waals surface area contributed by atoms with E-state index in [1.54, 1.807) is 13.1 Å². The molecule has 2 aromatic rings. The number of hydrogen-bond acceptors (Lipinski definition) is 3. The van der Waals surface area contributed by atoms with Gasteiger partial charge < -0.3 is 10.2 Å². The molecule has 1 N–H and O–H groups in total. The van der Waals surface area contributed by atoms with Crippen molar-refractivity contribution in [1.82, 2.24) is 9.88 Å². The number of likely N-dealkylation sites (N-methyl/N-ethyl adjacent to an activating group) is 1. The van der Waals surface area contributed by atoms with E-state index in [9.17, 15) is 22.8 Å². The zero-order valence-corrected chi connectivity index (χ0v) is 14.9. The maximum atomic E-state index is 12.8. The summed E-state index contributed by atoms with van der Waals surface area (Å²) in [4.78, 5) is 30.5. The number of carbonyl (C=O) groups is 2. The van der Waals surface area contributed by atoms with Crippen LogP contribution in [0.1, 0.15) is 17.0 Å². The summed E-state index contributed by atoms with van der Waals surface area (Å²) < 4.78 is 38.3. The minimum Gasteiger partial charge on any atom is -0.344 e. The van der Waals surface area contributed by atoms with Gasteiger partial charge in [0.15, 0.2) is 0 Å². The predicted octanol–water partition coefficient (Wildman–Crippen LogP) is 3.56. The van der Waals surface area contributed by atoms with Crippen LogP contribution in [0.2, 0.25) is 5.15 Å². The second-order valence-electron chi connectivity index (χ2n) is 6.26. The summed E-state index contributed by atoms with van der Waals surface area (Å²) in [6.07, 6.45) is -4.45. The summed E-state index contributed by atoms with van der Waals surface area (Å²) in [7, 11) is 1.55. The second-order valence-corrected chi connectivity index (χ2v) is 6.64. The Bertz CT molecular complexity index is 871. The highest BCUT2D eigenvalue weighted by molar-refractivity contribution is 6.29. The molecular weight excluding hydrogens is 383 g/mol. The van der Waals surface area contributed by atoms with Gasteiger partial charge in [-0.1, -0.05) is 29.8 Å². The van der Waals surface area contributed by atoms with Gasteiger partial charge in [-0.3, -0.25) is 9.59 Å². The quantitative estimate of drug-likeness (QED) is 0.636. The van der Waals surface area contributed by atoms with Crippen molar-refractivity contribution in [2.75, 3.05) is 18.9 Å². The number of aromatic nitrogens is 1. The summed E-state index contributed by atoms with van der Waals surface area (Å²) in [5, 5.41) is 2.73. The summed E-state index contributed by atoms with van der Waals surface area (Å²) >= 11 is 5.79. The lowest BCUT2D eigenvalue weighted by Gasteiger charge is -2.17. The van der Waals surface area contributed by atoms with Crippen LogP contribution in [0.15, 0.2) is 42.5 Å². The van der Waals surface area contributed by atoms with Crippen LogP contribution in [0.25, 0.3) is 0 Å². The fraction of sp³-hybridized carbons (Fsp3) is 0.278. The Morgan fingerprint density at radius 3 is 2.48 bits per heavy atom. The van der Waals surface area contributed by atoms with Gasteiger partial charge >= 0.3 is 6.18 Å². The Morgan fingerprint density at radius 1 is 1.22 bits per heavy atom. The van der Waals surface area contributed by atoms with E-state index in [4.69, 9.17) is 11.6 Å². The molecule has 0 aliphatic carbocycles. The first-order valence-electron chi connectivity index (χ1n) is 8.02. The Kier molecular flexibility index (Phi) is 5.10. The average Bonchev–Trinajstić information content (AvgIpc) is 2.89. The Labute approximate surface area is 158 Å². The van der Waals surface area contributed by atoms with Crippen LogP contribution in [0.5, 0.6) is 0 Å². The third kappa shape index (κ3) is 4.05. The maximum absolute atomic E-state index is 12.8. The molecule has 9 heteroatoms. The van der Waals surface area contributed by atoms with Gasteiger partial charge in [-0.25, -0.2) is 4.98 Å². The van der Waals surface area contributed by atoms with E-state index in [0.717, 1.165) is 12.1 Å². The maximum Gasteiger partial charge on any atom is 0.416 e. The second kappa shape index (κ2) is 7.19. The lowest BCUT2D eigenvalue weighted by Crippen LogP contribution is -2.33. The summed E-state index contributed by atoms with van der Waals surface area (Å²) in [5.74, 6) is -2.42. The van der Waals surface area contributed by atoms with Gasteiger partial charge in [0, 0.05) is 19.5 Å². The van der Waals surface area contributed by atoms with Gasteiger partial charge in [0.05, 0.1) is 5.56 Å². The molecule has 0 bridgehead atoms. The monoisotopic (exact) mass is 397 g/mol. The number of carbonyl (C=O) groups excluding carboxylic acids is 2. The number of pyridine rings is 1. The number of benzene rings is 1. The summed E-state index contributed by atoms with van der Waals surface area (Å²) in [6.45, 7) is 0.227. The van der Waals surface area contributed by atoms with Crippen LogP contribution >= 0.6 is 11.6 Å². The largest absolute Gasteiger partial charge is 0.416 e. The molecule has 2 amide bonds. The van der Waals surface area contributed by atoms with E-state index in [1.165, 1.54) is 29.2 Å². The van der Waals surface area contributed by atoms with Crippen molar-refractivity contribution < 1.29 is 22.8 Å². The SMILES string of the molecule is CN1C[C@@H](c2ccc(C(F)(F)F)cc2)[C@H](C(=O)Nc2cccc(Cl)n2)C1=O. The van der Waals surface area contributed by atoms with Crippen molar-refractivity contribution in [3.05, 3.63) is 58.7 Å². The number of halogens is 4. The molecule has 1 fully saturated rings. The van der Waals surface area contributed by atoms with Crippen LogP contribution in [0.3, 0.4) is 0 Å². The molecule has 1 aliphatic heterocycles. The number of amides is 2. The van der Waals surface area contributed by atoms with Gasteiger partial charge in [0.2, 0.25) is 11.8 Å². The first-order chi connectivity index (χ1) is 12.7. The highest BCUT2D eigenvalue weighted by atomic mass is 35.5. The van der Waals surface area contributed by atoms with E-state index in [0.29, 0.717) is 5.56 Å². The number of alkyl halides is 3. The van der Waals surface area contributed by atoms with Crippen LogP contribution in [0, 0.1) is 5.92 Å². The van der Waals surface area contributed by atoms with Crippen molar-refractivity contribution in [1.29, 1.82) is 0 Å². The molecule has 1 aromatic heterocycles. The third-order valence-corrected chi connectivity index (χ3v) is 4.64. The van der Waals surface area contributed by atoms with Gasteiger partial charge in [-0.15, -0.1) is 0 Å². The number of rotatable bonds is 3. The number of hydrogen-bond donors (Lipinski definition) is 1. The molecule has 1 saturated heterocycles. The van der Waals surface area contributed by atoms with Crippen molar-refractivity contribution in [3.8, 4) is 0 Å². The fourth-order valence-corrected chi connectivity index (χ4v) is 3.26. The first-order valence-corrected chi connectivity index (χ1v) is 8.40. The topological polar surface area (TPSA) is 62.3 Å². The number of nitrogens with one attached hydrogen (secondary N) is 1. The molecular formula is C18H15ClF3N3O2. The third-order valence-electron chi connectivity index (χ3n) is 4.43. The summed E-state index contributed by atoms with van der Waals surface area (Å²) in [5.41, 5.74) is -0.298. The zero-order valence-electron chi connectivity index (χ0n) is 14.1. The standard InChI is InChI=1S/C18H15ClF3N3O2/c1-25-9-12(10-5-7-11(8-6-10)18(20,21)22)15(17(25)27)16(26)24-14-4-2-3-13(19)23-14/h2-8,12,15H,9H2,1H3,(H,23,24,26)/t12-,15+/m0/s1. The molecule has 27 heavy (non-hydrogen) atoms. The molecule has 142 valence electrons. The van der Waals surface area contributed by atoms with E-state index >= 15 is 0 Å². The molecule has 1 aliphatic rings. The minimum absolute atomic E-state index is 0.182. The molecule has 5 nitrogen and oxygen atoms in total. The van der Waals surface area contributed by atoms with Gasteiger partial charge in [0.1, 0.15) is 16.9 Å². The minimum atomic E-state index is -4.45. The van der Waals surface area contributed by atoms with E-state index in [2.05, 4.69) is 10.3 Å². The van der Waals surface area contributed by atoms with Crippen LogP contribution in [0.4, 0.5) is 19.0 Å². The Hall–Kier alpha value is -2.61. The van der Waals surface area contributed by atoms with Gasteiger partial charge in [-0.2, -0.15) is 13.2 Å². The molecule has 3 rings (SSSR count). The molecule has 1 aromatic carbocycles. The van der Waals surface area contributed by atoms with E-state index in [1.807, 2.05) is 0 Å². The molecule has 0 spiro atoms. The first kappa shape index (κ1) is 19.2. The Balaban J connectivity index is 1.85. The number of likely N-dealkylation sites (tertiary alicyclic amines) is 1. The van der Waals surface area contributed by atoms with Crippen LogP contribution in [-0.4, -0.2) is 35.3 Å². The van der Waals surface area contributed by atoms with Crippen molar-refractivity contribution in [2.24, 2.45) is 5.92 Å². The van der Waals surface area contributed by atoms with Crippen molar-refractivity contribution in [3.63, 3.8) is 0 Å². The van der Waals surface area contributed by atoms with Crippen molar-refractivity contribution in [2.45, 2.75) is 12.1 Å². The van der Waals surface area contributed by atoms with Crippen LogP contribution < -0.4 is 5.32 Å². The zero-order chi connectivity index (χ0) is 19.8. The molecule has 2 heterocycles. The van der Waals surface area contributed by atoms with Crippen molar-refractivity contribution >= 4 is 29.2 Å². The van der Waals surface area contributed by atoms with Gasteiger partial charge in [0.25, 0.3) is 0 Å². The smallest absolute Gasteiger partial charge is 0.344 e. The highest BCUT2D eigenvalue weighted by Crippen LogP contribution is 2.36. The van der Waals surface area contributed by atoms with Crippen LogP contribution in [-0.2, 0) is 15.8 Å². The normalized spacial score (nSPS) is 20.0. The predicted molar refractivity (Wildman–Crippen MR) is 93.2 cm³/mol. The summed E-state index contributed by atoms with van der Waals surface area (Å²) in [6, 6.07) is 9.17. The molecule has 0 saturated carbocycles. The fourth-order valence-electron chi connectivity index (χ4n) is 3.09. The molecule has 0 unspecified atom stereocenters. The number of nitrogens with zero attached hydrogens (tertiary/aromatic N) is 2. The highest BCUT2D eigenvalue weighted by Gasteiger charge is 2.44.